The molecule has 4 atom stereocenters. The van der Waals surface area contributed by atoms with Gasteiger partial charge in [0.15, 0.2) is 0 Å². The molecular formula is C18H34O5. The molecule has 0 amide bonds. The highest BCUT2D eigenvalue weighted by molar-refractivity contribution is 4.88. The van der Waals surface area contributed by atoms with E-state index in [0.29, 0.717) is 6.61 Å². The maximum atomic E-state index is 9.98. The van der Waals surface area contributed by atoms with E-state index in [0.717, 1.165) is 19.3 Å². The Morgan fingerprint density at radius 2 is 1.83 bits per heavy atom. The van der Waals surface area contributed by atoms with Gasteiger partial charge in [-0.1, -0.05) is 38.3 Å². The molecular weight excluding hydrogens is 296 g/mol. The molecule has 0 aliphatic carbocycles. The van der Waals surface area contributed by atoms with E-state index in [-0.39, 0.29) is 6.61 Å². The Labute approximate surface area is 140 Å². The van der Waals surface area contributed by atoms with Gasteiger partial charge in [-0.05, 0) is 32.1 Å². The normalized spacial score (nSPS) is 26.2. The van der Waals surface area contributed by atoms with Crippen LogP contribution in [0.15, 0.2) is 12.2 Å². The third-order valence-electron chi connectivity index (χ3n) is 4.22. The van der Waals surface area contributed by atoms with Crippen molar-refractivity contribution in [2.45, 2.75) is 82.7 Å². The van der Waals surface area contributed by atoms with Crippen LogP contribution in [0.3, 0.4) is 0 Å². The first-order valence-corrected chi connectivity index (χ1v) is 9.05. The minimum Gasteiger partial charge on any atom is -0.394 e. The van der Waals surface area contributed by atoms with E-state index in [1.165, 1.54) is 32.1 Å². The van der Waals surface area contributed by atoms with Crippen molar-refractivity contribution in [2.24, 2.45) is 0 Å². The number of rotatable bonds is 13. The van der Waals surface area contributed by atoms with E-state index in [1.54, 1.807) is 0 Å². The van der Waals surface area contributed by atoms with Crippen LogP contribution in [0.2, 0.25) is 0 Å². The lowest BCUT2D eigenvalue weighted by Gasteiger charge is -2.20. The summed E-state index contributed by atoms with van der Waals surface area (Å²) >= 11 is 0. The molecule has 0 saturated carbocycles. The quantitative estimate of drug-likeness (QED) is 0.356. The van der Waals surface area contributed by atoms with Crippen LogP contribution in [-0.4, -0.2) is 59.6 Å². The van der Waals surface area contributed by atoms with Crippen LogP contribution in [0.1, 0.15) is 58.3 Å². The zero-order valence-electron chi connectivity index (χ0n) is 14.4. The Bertz CT molecular complexity index is 308. The first-order chi connectivity index (χ1) is 11.2. The number of hydrogen-bond donors (Lipinski definition) is 3. The van der Waals surface area contributed by atoms with E-state index in [1.807, 2.05) is 0 Å². The van der Waals surface area contributed by atoms with Crippen molar-refractivity contribution in [1.82, 2.24) is 0 Å². The molecule has 1 aliphatic rings. The third-order valence-corrected chi connectivity index (χ3v) is 4.22. The smallest absolute Gasteiger partial charge is 0.114 e. The summed E-state index contributed by atoms with van der Waals surface area (Å²) in [5, 5.41) is 28.4. The molecule has 23 heavy (non-hydrogen) atoms. The van der Waals surface area contributed by atoms with Crippen molar-refractivity contribution in [3.05, 3.63) is 12.2 Å². The lowest BCUT2D eigenvalue weighted by atomic mass is 10.1. The van der Waals surface area contributed by atoms with Crippen molar-refractivity contribution in [2.75, 3.05) is 19.8 Å². The summed E-state index contributed by atoms with van der Waals surface area (Å²) in [5.74, 6) is 0. The summed E-state index contributed by atoms with van der Waals surface area (Å²) in [6.45, 7) is 2.65. The maximum Gasteiger partial charge on any atom is 0.114 e. The molecule has 5 heteroatoms. The van der Waals surface area contributed by atoms with E-state index in [9.17, 15) is 10.2 Å². The molecule has 0 bridgehead atoms. The Morgan fingerprint density at radius 3 is 2.48 bits per heavy atom. The Kier molecular flexibility index (Phi) is 11.5. The summed E-state index contributed by atoms with van der Waals surface area (Å²) in [6, 6.07) is 0. The molecule has 1 heterocycles. The molecule has 0 spiro atoms. The molecule has 1 aliphatic heterocycles. The van der Waals surface area contributed by atoms with Crippen LogP contribution in [0, 0.1) is 0 Å². The van der Waals surface area contributed by atoms with Gasteiger partial charge in [0.1, 0.15) is 24.4 Å². The lowest BCUT2D eigenvalue weighted by Crippen LogP contribution is -2.41. The van der Waals surface area contributed by atoms with Crippen molar-refractivity contribution < 1.29 is 24.8 Å². The van der Waals surface area contributed by atoms with E-state index < -0.39 is 31.0 Å². The average Bonchev–Trinajstić information content (AvgIpc) is 2.93. The Morgan fingerprint density at radius 1 is 1.13 bits per heavy atom. The van der Waals surface area contributed by atoms with Crippen LogP contribution in [-0.2, 0) is 9.47 Å². The first-order valence-electron chi connectivity index (χ1n) is 9.05. The summed E-state index contributed by atoms with van der Waals surface area (Å²) in [7, 11) is 0. The summed E-state index contributed by atoms with van der Waals surface area (Å²) in [5.41, 5.74) is 0. The van der Waals surface area contributed by atoms with Gasteiger partial charge in [-0.3, -0.25) is 0 Å². The fourth-order valence-corrected chi connectivity index (χ4v) is 2.73. The number of aliphatic hydroxyl groups excluding tert-OH is 3. The van der Waals surface area contributed by atoms with Crippen LogP contribution < -0.4 is 0 Å². The monoisotopic (exact) mass is 330 g/mol. The Balaban J connectivity index is 1.98. The van der Waals surface area contributed by atoms with Crippen molar-refractivity contribution in [3.8, 4) is 0 Å². The molecule has 5 nitrogen and oxygen atoms in total. The predicted octanol–water partition coefficient (Wildman–Crippen LogP) is 2.18. The number of unbranched alkanes of at least 4 members (excludes halogenated alkanes) is 6. The summed E-state index contributed by atoms with van der Waals surface area (Å²) in [4.78, 5) is 0. The van der Waals surface area contributed by atoms with Gasteiger partial charge in [0.2, 0.25) is 0 Å². The highest BCUT2D eigenvalue weighted by Crippen LogP contribution is 2.20. The number of hydrogen-bond acceptors (Lipinski definition) is 5. The van der Waals surface area contributed by atoms with Gasteiger partial charge < -0.3 is 24.8 Å². The fourth-order valence-electron chi connectivity index (χ4n) is 2.73. The topological polar surface area (TPSA) is 79.2 Å². The number of allylic oxidation sites excluding steroid dienone is 2. The van der Waals surface area contributed by atoms with Gasteiger partial charge in [-0.15, -0.1) is 0 Å². The predicted molar refractivity (Wildman–Crippen MR) is 90.3 cm³/mol. The van der Waals surface area contributed by atoms with Gasteiger partial charge in [-0.25, -0.2) is 0 Å². The van der Waals surface area contributed by atoms with Gasteiger partial charge in [0.25, 0.3) is 0 Å². The second-order valence-corrected chi connectivity index (χ2v) is 6.26. The molecule has 1 saturated heterocycles. The van der Waals surface area contributed by atoms with E-state index >= 15 is 0 Å². The zero-order chi connectivity index (χ0) is 16.9. The number of ether oxygens (including phenoxy) is 2. The molecule has 1 rings (SSSR count). The van der Waals surface area contributed by atoms with Crippen molar-refractivity contribution in [1.29, 1.82) is 0 Å². The van der Waals surface area contributed by atoms with Crippen LogP contribution in [0.4, 0.5) is 0 Å². The molecule has 0 radical (unpaired) electrons. The minimum atomic E-state index is -1.05. The molecule has 136 valence electrons. The molecule has 0 unspecified atom stereocenters. The van der Waals surface area contributed by atoms with Gasteiger partial charge in [0.05, 0.1) is 13.2 Å². The maximum absolute atomic E-state index is 9.98. The van der Waals surface area contributed by atoms with Gasteiger partial charge in [0, 0.05) is 6.61 Å². The molecule has 0 aromatic rings. The van der Waals surface area contributed by atoms with Gasteiger partial charge in [-0.2, -0.15) is 0 Å². The fraction of sp³-hybridized carbons (Fsp3) is 0.889. The average molecular weight is 330 g/mol. The minimum absolute atomic E-state index is 0.264. The first kappa shape index (κ1) is 20.6. The third kappa shape index (κ3) is 8.27. The Hall–Kier alpha value is -0.460. The second-order valence-electron chi connectivity index (χ2n) is 6.26. The second kappa shape index (κ2) is 12.9. The van der Waals surface area contributed by atoms with Crippen molar-refractivity contribution >= 4 is 0 Å². The standard InChI is InChI=1S/C18H34O5/c1-2-3-4-5-6-7-8-9-10-11-12-22-16-14-23-18(17(16)21)15(20)13-19/h7-8,15-21H,2-6,9-14H2,1H3/b8-7+/t15-,16+,17+,18+/m1/s1. The van der Waals surface area contributed by atoms with Gasteiger partial charge >= 0.3 is 0 Å². The largest absolute Gasteiger partial charge is 0.394 e. The molecule has 0 aromatic carbocycles. The zero-order valence-corrected chi connectivity index (χ0v) is 14.4. The molecule has 3 N–H and O–H groups in total. The van der Waals surface area contributed by atoms with Crippen LogP contribution in [0.5, 0.6) is 0 Å². The van der Waals surface area contributed by atoms with Crippen LogP contribution in [0.25, 0.3) is 0 Å². The summed E-state index contributed by atoms with van der Waals surface area (Å²) in [6.07, 6.45) is 10.9. The molecule has 0 aromatic heterocycles. The summed E-state index contributed by atoms with van der Waals surface area (Å²) < 4.78 is 10.9. The molecule has 1 fully saturated rings. The highest BCUT2D eigenvalue weighted by atomic mass is 16.6. The highest BCUT2D eigenvalue weighted by Gasteiger charge is 2.40. The SMILES string of the molecule is CCCCCC/C=C/CCCCO[C@H]1CO[C@@H]([C@H](O)CO)[C@H]1O. The van der Waals surface area contributed by atoms with Crippen LogP contribution >= 0.6 is 0 Å². The van der Waals surface area contributed by atoms with E-state index in [2.05, 4.69) is 19.1 Å². The number of aliphatic hydroxyl groups is 3. The van der Waals surface area contributed by atoms with Crippen molar-refractivity contribution in [3.63, 3.8) is 0 Å². The van der Waals surface area contributed by atoms with E-state index in [4.69, 9.17) is 14.6 Å². The lowest BCUT2D eigenvalue weighted by molar-refractivity contribution is -0.0730.